The Hall–Kier alpha value is -2.38. The topological polar surface area (TPSA) is 84.5 Å². The van der Waals surface area contributed by atoms with Gasteiger partial charge < -0.3 is 10.1 Å². The summed E-state index contributed by atoms with van der Waals surface area (Å²) in [4.78, 5) is 12.3. The predicted octanol–water partition coefficient (Wildman–Crippen LogP) is 2.95. The molecule has 0 radical (unpaired) electrons. The lowest BCUT2D eigenvalue weighted by atomic mass is 10.1. The van der Waals surface area contributed by atoms with Crippen LogP contribution in [-0.4, -0.2) is 27.0 Å². The number of ether oxygens (including phenoxy) is 1. The van der Waals surface area contributed by atoms with Crippen molar-refractivity contribution in [2.24, 2.45) is 0 Å². The highest BCUT2D eigenvalue weighted by atomic mass is 32.2. The molecule has 0 fully saturated rings. The third-order valence-electron chi connectivity index (χ3n) is 3.44. The minimum Gasteiger partial charge on any atom is -0.494 e. The van der Waals surface area contributed by atoms with Crippen LogP contribution in [0.2, 0.25) is 0 Å². The third-order valence-corrected chi connectivity index (χ3v) is 5.11. The fourth-order valence-corrected chi connectivity index (χ4v) is 3.61. The molecule has 0 saturated carbocycles. The first-order valence-electron chi connectivity index (χ1n) is 8.44. The van der Waals surface area contributed by atoms with Crippen molar-refractivity contribution in [1.29, 1.82) is 0 Å². The highest BCUT2D eigenvalue weighted by molar-refractivity contribution is 7.89. The second-order valence-corrected chi connectivity index (χ2v) is 7.82. The van der Waals surface area contributed by atoms with E-state index in [0.717, 1.165) is 11.3 Å². The summed E-state index contributed by atoms with van der Waals surface area (Å²) in [6, 6.07) is 13.2. The molecule has 0 aliphatic heterocycles. The molecule has 140 valence electrons. The maximum absolute atomic E-state index is 12.1. The maximum atomic E-state index is 12.1. The van der Waals surface area contributed by atoms with Gasteiger partial charge in [0, 0.05) is 11.7 Å². The van der Waals surface area contributed by atoms with Crippen LogP contribution < -0.4 is 14.8 Å². The molecule has 0 bridgehead atoms. The number of sulfonamides is 1. The summed E-state index contributed by atoms with van der Waals surface area (Å²) in [7, 11) is -3.54. The zero-order chi connectivity index (χ0) is 19.2. The molecule has 6 nitrogen and oxygen atoms in total. The number of carbonyl (C=O) groups excluding carboxylic acids is 1. The molecule has 2 aromatic carbocycles. The molecule has 0 aliphatic rings. The average Bonchev–Trinajstić information content (AvgIpc) is 2.56. The van der Waals surface area contributed by atoms with Gasteiger partial charge in [-0.05, 0) is 62.7 Å². The first-order chi connectivity index (χ1) is 12.3. The summed E-state index contributed by atoms with van der Waals surface area (Å²) in [5.41, 5.74) is 1.41. The molecule has 0 saturated heterocycles. The summed E-state index contributed by atoms with van der Waals surface area (Å²) in [6.07, 6.45) is 0.224. The molecule has 2 N–H and O–H groups in total. The predicted molar refractivity (Wildman–Crippen MR) is 102 cm³/mol. The van der Waals surface area contributed by atoms with Gasteiger partial charge >= 0.3 is 0 Å². The van der Waals surface area contributed by atoms with Crippen LogP contribution in [0, 0.1) is 0 Å². The Morgan fingerprint density at radius 1 is 1.04 bits per heavy atom. The lowest BCUT2D eigenvalue weighted by molar-refractivity contribution is -0.115. The van der Waals surface area contributed by atoms with Gasteiger partial charge in [-0.1, -0.05) is 12.1 Å². The zero-order valence-electron chi connectivity index (χ0n) is 15.2. The first-order valence-corrected chi connectivity index (χ1v) is 9.92. The number of hydrogen-bond acceptors (Lipinski definition) is 4. The lowest BCUT2D eigenvalue weighted by Crippen LogP contribution is -2.30. The van der Waals surface area contributed by atoms with Crippen LogP contribution in [0.15, 0.2) is 53.4 Å². The van der Waals surface area contributed by atoms with Gasteiger partial charge in [-0.15, -0.1) is 0 Å². The first kappa shape index (κ1) is 19.9. The summed E-state index contributed by atoms with van der Waals surface area (Å²) in [5.74, 6) is 0.591. The number of anilines is 1. The minimum absolute atomic E-state index is 0.163. The summed E-state index contributed by atoms with van der Waals surface area (Å²) in [6.45, 7) is 6.02. The van der Waals surface area contributed by atoms with Crippen molar-refractivity contribution < 1.29 is 17.9 Å². The highest BCUT2D eigenvalue weighted by Crippen LogP contribution is 2.16. The molecule has 2 aromatic rings. The molecule has 7 heteroatoms. The molecule has 1 amide bonds. The molecule has 0 heterocycles. The van der Waals surface area contributed by atoms with E-state index in [1.165, 1.54) is 12.1 Å². The third kappa shape index (κ3) is 5.86. The normalized spacial score (nSPS) is 11.4. The second kappa shape index (κ2) is 8.82. The van der Waals surface area contributed by atoms with Gasteiger partial charge in [0.15, 0.2) is 0 Å². The monoisotopic (exact) mass is 376 g/mol. The SMILES string of the molecule is CCOc1ccc(CC(=O)Nc2ccc(S(=O)(=O)NC(C)C)cc2)cc1. The van der Waals surface area contributed by atoms with Crippen molar-refractivity contribution in [3.05, 3.63) is 54.1 Å². The molecule has 0 aromatic heterocycles. The van der Waals surface area contributed by atoms with Gasteiger partial charge in [0.05, 0.1) is 17.9 Å². The molecule has 0 unspecified atom stereocenters. The number of benzene rings is 2. The van der Waals surface area contributed by atoms with Crippen LogP contribution in [0.5, 0.6) is 5.75 Å². The van der Waals surface area contributed by atoms with Crippen LogP contribution in [0.1, 0.15) is 26.3 Å². The van der Waals surface area contributed by atoms with Crippen LogP contribution in [0.3, 0.4) is 0 Å². The second-order valence-electron chi connectivity index (χ2n) is 6.10. The summed E-state index contributed by atoms with van der Waals surface area (Å²) in [5, 5.41) is 2.76. The number of nitrogens with one attached hydrogen (secondary N) is 2. The highest BCUT2D eigenvalue weighted by Gasteiger charge is 2.15. The fraction of sp³-hybridized carbons (Fsp3) is 0.316. The molecule has 0 aliphatic carbocycles. The van der Waals surface area contributed by atoms with E-state index in [9.17, 15) is 13.2 Å². The zero-order valence-corrected chi connectivity index (χ0v) is 16.0. The Morgan fingerprint density at radius 2 is 1.65 bits per heavy atom. The number of carbonyl (C=O) groups is 1. The van der Waals surface area contributed by atoms with E-state index in [0.29, 0.717) is 12.3 Å². The smallest absolute Gasteiger partial charge is 0.240 e. The van der Waals surface area contributed by atoms with Gasteiger partial charge in [-0.2, -0.15) is 0 Å². The number of amides is 1. The number of rotatable bonds is 8. The van der Waals surface area contributed by atoms with E-state index in [2.05, 4.69) is 10.0 Å². The maximum Gasteiger partial charge on any atom is 0.240 e. The lowest BCUT2D eigenvalue weighted by Gasteiger charge is -2.10. The summed E-state index contributed by atoms with van der Waals surface area (Å²) >= 11 is 0. The van der Waals surface area contributed by atoms with Crippen LogP contribution in [-0.2, 0) is 21.2 Å². The van der Waals surface area contributed by atoms with Crippen LogP contribution in [0.25, 0.3) is 0 Å². The Balaban J connectivity index is 1.97. The van der Waals surface area contributed by atoms with Gasteiger partial charge in [0.25, 0.3) is 0 Å². The van der Waals surface area contributed by atoms with E-state index in [1.54, 1.807) is 26.0 Å². The molecule has 2 rings (SSSR count). The quantitative estimate of drug-likeness (QED) is 0.742. The van der Waals surface area contributed by atoms with E-state index in [-0.39, 0.29) is 23.3 Å². The Bertz CT molecular complexity index is 829. The Morgan fingerprint density at radius 3 is 2.19 bits per heavy atom. The van der Waals surface area contributed by atoms with E-state index in [4.69, 9.17) is 4.74 Å². The Kier molecular flexibility index (Phi) is 6.76. The van der Waals surface area contributed by atoms with Gasteiger partial charge in [-0.3, -0.25) is 4.79 Å². The fourth-order valence-electron chi connectivity index (χ4n) is 2.36. The van der Waals surface area contributed by atoms with Crippen molar-refractivity contribution >= 4 is 21.6 Å². The van der Waals surface area contributed by atoms with Crippen LogP contribution >= 0.6 is 0 Å². The molecule has 0 atom stereocenters. The van der Waals surface area contributed by atoms with Gasteiger partial charge in [0.2, 0.25) is 15.9 Å². The van der Waals surface area contributed by atoms with Gasteiger partial charge in [0.1, 0.15) is 5.75 Å². The van der Waals surface area contributed by atoms with E-state index in [1.807, 2.05) is 31.2 Å². The molecule has 26 heavy (non-hydrogen) atoms. The van der Waals surface area contributed by atoms with Crippen molar-refractivity contribution in [2.45, 2.75) is 38.1 Å². The van der Waals surface area contributed by atoms with E-state index >= 15 is 0 Å². The minimum atomic E-state index is -3.54. The average molecular weight is 376 g/mol. The standard InChI is InChI=1S/C19H24N2O4S/c1-4-25-17-9-5-15(6-10-17)13-19(22)20-16-7-11-18(12-8-16)26(23,24)21-14(2)3/h5-12,14,21H,4,13H2,1-3H3,(H,20,22). The number of hydrogen-bond donors (Lipinski definition) is 2. The van der Waals surface area contributed by atoms with Crippen molar-refractivity contribution in [3.8, 4) is 5.75 Å². The largest absolute Gasteiger partial charge is 0.494 e. The molecular formula is C19H24N2O4S. The van der Waals surface area contributed by atoms with Gasteiger partial charge in [-0.25, -0.2) is 13.1 Å². The van der Waals surface area contributed by atoms with Crippen molar-refractivity contribution in [1.82, 2.24) is 4.72 Å². The van der Waals surface area contributed by atoms with Crippen molar-refractivity contribution in [3.63, 3.8) is 0 Å². The van der Waals surface area contributed by atoms with Crippen molar-refractivity contribution in [2.75, 3.05) is 11.9 Å². The molecule has 0 spiro atoms. The van der Waals surface area contributed by atoms with Crippen LogP contribution in [0.4, 0.5) is 5.69 Å². The van der Waals surface area contributed by atoms with E-state index < -0.39 is 10.0 Å². The summed E-state index contributed by atoms with van der Waals surface area (Å²) < 4.78 is 32.1. The molecular weight excluding hydrogens is 352 g/mol. The Labute approximate surface area is 154 Å².